The van der Waals surface area contributed by atoms with E-state index in [1.54, 1.807) is 0 Å². The Bertz CT molecular complexity index is 560. The third kappa shape index (κ3) is 3.30. The van der Waals surface area contributed by atoms with Gasteiger partial charge in [-0.3, -0.25) is 9.48 Å². The maximum atomic E-state index is 12.8. The van der Waals surface area contributed by atoms with Crippen molar-refractivity contribution in [3.8, 4) is 0 Å². The average Bonchev–Trinajstić information content (AvgIpc) is 3.20. The summed E-state index contributed by atoms with van der Waals surface area (Å²) in [6, 6.07) is 0.545. The number of likely N-dealkylation sites (N-methyl/N-ethyl adjacent to an activating group) is 1. The Kier molecular flexibility index (Phi) is 5.05. The molecule has 2 aliphatic rings. The molecule has 1 aliphatic carbocycles. The van der Waals surface area contributed by atoms with Gasteiger partial charge in [0.2, 0.25) is 0 Å². The Hall–Kier alpha value is -1.36. The summed E-state index contributed by atoms with van der Waals surface area (Å²) in [5.74, 6) is 0.149. The summed E-state index contributed by atoms with van der Waals surface area (Å²) >= 11 is 0. The van der Waals surface area contributed by atoms with Gasteiger partial charge in [-0.15, -0.1) is 0 Å². The van der Waals surface area contributed by atoms with Crippen LogP contribution in [0.15, 0.2) is 0 Å². The van der Waals surface area contributed by atoms with Crippen LogP contribution in [0.4, 0.5) is 0 Å². The molecule has 2 heterocycles. The molecule has 1 aliphatic heterocycles. The van der Waals surface area contributed by atoms with Gasteiger partial charge in [-0.1, -0.05) is 13.3 Å². The van der Waals surface area contributed by atoms with E-state index in [1.807, 2.05) is 16.6 Å². The van der Waals surface area contributed by atoms with Crippen LogP contribution in [0.3, 0.4) is 0 Å². The number of nitrogens with zero attached hydrogens (tertiary/aromatic N) is 4. The third-order valence-electron chi connectivity index (χ3n) is 5.51. The van der Waals surface area contributed by atoms with Gasteiger partial charge in [-0.05, 0) is 52.1 Å². The number of amides is 1. The van der Waals surface area contributed by atoms with Crippen molar-refractivity contribution in [1.82, 2.24) is 19.6 Å². The molecule has 1 saturated heterocycles. The van der Waals surface area contributed by atoms with Crippen LogP contribution < -0.4 is 0 Å². The zero-order chi connectivity index (χ0) is 16.4. The van der Waals surface area contributed by atoms with Crippen molar-refractivity contribution in [3.05, 3.63) is 17.0 Å². The van der Waals surface area contributed by atoms with Crippen molar-refractivity contribution in [2.24, 2.45) is 7.05 Å². The number of hydrogen-bond donors (Lipinski definition) is 0. The van der Waals surface area contributed by atoms with Crippen molar-refractivity contribution in [3.63, 3.8) is 0 Å². The molecular formula is C18H30N4O. The quantitative estimate of drug-likeness (QED) is 0.836. The average molecular weight is 318 g/mol. The molecule has 1 aromatic rings. The molecule has 1 atom stereocenters. The molecule has 0 radical (unpaired) electrons. The Morgan fingerprint density at radius 1 is 1.35 bits per heavy atom. The van der Waals surface area contributed by atoms with E-state index in [-0.39, 0.29) is 5.91 Å². The van der Waals surface area contributed by atoms with E-state index >= 15 is 0 Å². The molecule has 0 spiro atoms. The minimum Gasteiger partial charge on any atom is -0.337 e. The third-order valence-corrected chi connectivity index (χ3v) is 5.51. The first-order valence-electron chi connectivity index (χ1n) is 9.16. The maximum Gasteiger partial charge on any atom is 0.274 e. The highest BCUT2D eigenvalue weighted by Crippen LogP contribution is 2.28. The number of aromatic nitrogens is 2. The first-order valence-corrected chi connectivity index (χ1v) is 9.16. The van der Waals surface area contributed by atoms with Crippen LogP contribution in [0.25, 0.3) is 0 Å². The predicted octanol–water partition coefficient (Wildman–Crippen LogP) is 2.25. The minimum atomic E-state index is 0.149. The standard InChI is InChI=1S/C18H30N4O/c1-4-5-10-20(2)14-8-9-16-15(13-14)17(19-21(16)3)18(23)22-11-6-7-12-22/h14H,4-13H2,1-3H3. The summed E-state index contributed by atoms with van der Waals surface area (Å²) in [5, 5.41) is 4.60. The lowest BCUT2D eigenvalue weighted by molar-refractivity contribution is 0.0784. The van der Waals surface area contributed by atoms with E-state index in [0.717, 1.165) is 51.0 Å². The van der Waals surface area contributed by atoms with Crippen molar-refractivity contribution in [2.75, 3.05) is 26.7 Å². The molecule has 5 nitrogen and oxygen atoms in total. The van der Waals surface area contributed by atoms with Gasteiger partial charge in [0.25, 0.3) is 5.91 Å². The van der Waals surface area contributed by atoms with E-state index in [0.29, 0.717) is 6.04 Å². The van der Waals surface area contributed by atoms with Gasteiger partial charge < -0.3 is 9.80 Å². The molecule has 0 bridgehead atoms. The minimum absolute atomic E-state index is 0.149. The molecule has 5 heteroatoms. The molecule has 1 fully saturated rings. The maximum absolute atomic E-state index is 12.8. The fourth-order valence-corrected chi connectivity index (χ4v) is 3.98. The van der Waals surface area contributed by atoms with Crippen LogP contribution in [0.5, 0.6) is 0 Å². The summed E-state index contributed by atoms with van der Waals surface area (Å²) in [7, 11) is 4.21. The van der Waals surface area contributed by atoms with Crippen LogP contribution in [-0.2, 0) is 19.9 Å². The lowest BCUT2D eigenvalue weighted by Gasteiger charge is -2.31. The SMILES string of the molecule is CCCCN(C)C1CCc2c(c(C(=O)N3CCCC3)nn2C)C1. The molecule has 3 rings (SSSR count). The Balaban J connectivity index is 1.78. The van der Waals surface area contributed by atoms with Gasteiger partial charge in [0.1, 0.15) is 0 Å². The van der Waals surface area contributed by atoms with Crippen LogP contribution >= 0.6 is 0 Å². The molecule has 128 valence electrons. The normalized spacial score (nSPS) is 21.0. The Morgan fingerprint density at radius 2 is 2.09 bits per heavy atom. The van der Waals surface area contributed by atoms with Crippen molar-refractivity contribution in [1.29, 1.82) is 0 Å². The van der Waals surface area contributed by atoms with Crippen LogP contribution in [0.2, 0.25) is 0 Å². The van der Waals surface area contributed by atoms with E-state index in [9.17, 15) is 4.79 Å². The van der Waals surface area contributed by atoms with E-state index in [4.69, 9.17) is 0 Å². The highest BCUT2D eigenvalue weighted by atomic mass is 16.2. The highest BCUT2D eigenvalue weighted by molar-refractivity contribution is 5.94. The van der Waals surface area contributed by atoms with Gasteiger partial charge in [-0.25, -0.2) is 0 Å². The largest absolute Gasteiger partial charge is 0.337 e. The second-order valence-electron chi connectivity index (χ2n) is 7.13. The first-order chi connectivity index (χ1) is 11.1. The van der Waals surface area contributed by atoms with Gasteiger partial charge in [0, 0.05) is 37.4 Å². The molecule has 23 heavy (non-hydrogen) atoms. The van der Waals surface area contributed by atoms with E-state index in [1.165, 1.54) is 30.5 Å². The fraction of sp³-hybridized carbons (Fsp3) is 0.778. The van der Waals surface area contributed by atoms with Crippen molar-refractivity contribution < 1.29 is 4.79 Å². The lowest BCUT2D eigenvalue weighted by atomic mass is 9.90. The molecule has 1 unspecified atom stereocenters. The Labute approximate surface area is 139 Å². The second kappa shape index (κ2) is 7.04. The summed E-state index contributed by atoms with van der Waals surface area (Å²) in [6.07, 6.45) is 7.91. The zero-order valence-electron chi connectivity index (χ0n) is 14.8. The van der Waals surface area contributed by atoms with Crippen molar-refractivity contribution >= 4 is 5.91 Å². The topological polar surface area (TPSA) is 41.4 Å². The predicted molar refractivity (Wildman–Crippen MR) is 91.7 cm³/mol. The number of carbonyl (C=O) groups is 1. The fourth-order valence-electron chi connectivity index (χ4n) is 3.98. The zero-order valence-corrected chi connectivity index (χ0v) is 14.8. The monoisotopic (exact) mass is 318 g/mol. The summed E-state index contributed by atoms with van der Waals surface area (Å²) in [4.78, 5) is 17.3. The second-order valence-corrected chi connectivity index (χ2v) is 7.13. The van der Waals surface area contributed by atoms with Gasteiger partial charge in [0.05, 0.1) is 0 Å². The molecule has 1 amide bonds. The number of rotatable bonds is 5. The number of unbranched alkanes of at least 4 members (excludes halogenated alkanes) is 1. The first kappa shape index (κ1) is 16.5. The van der Waals surface area contributed by atoms with Gasteiger partial charge in [-0.2, -0.15) is 5.10 Å². The number of carbonyl (C=O) groups excluding carboxylic acids is 1. The molecule has 0 aromatic carbocycles. The van der Waals surface area contributed by atoms with Crippen molar-refractivity contribution in [2.45, 2.75) is 57.9 Å². The summed E-state index contributed by atoms with van der Waals surface area (Å²) in [5.41, 5.74) is 3.20. The van der Waals surface area contributed by atoms with Crippen LogP contribution in [0, 0.1) is 0 Å². The molecule has 0 saturated carbocycles. The number of likely N-dealkylation sites (tertiary alicyclic amines) is 1. The smallest absolute Gasteiger partial charge is 0.274 e. The summed E-state index contributed by atoms with van der Waals surface area (Å²) < 4.78 is 1.95. The van der Waals surface area contributed by atoms with E-state index < -0.39 is 0 Å². The molecule has 0 N–H and O–H groups in total. The van der Waals surface area contributed by atoms with E-state index in [2.05, 4.69) is 24.0 Å². The molecule has 1 aromatic heterocycles. The number of hydrogen-bond acceptors (Lipinski definition) is 3. The van der Waals surface area contributed by atoms with Gasteiger partial charge >= 0.3 is 0 Å². The van der Waals surface area contributed by atoms with Crippen LogP contribution in [0.1, 0.15) is 60.8 Å². The van der Waals surface area contributed by atoms with Gasteiger partial charge in [0.15, 0.2) is 5.69 Å². The highest BCUT2D eigenvalue weighted by Gasteiger charge is 2.32. The Morgan fingerprint density at radius 3 is 2.78 bits per heavy atom. The number of fused-ring (bicyclic) bond motifs is 1. The lowest BCUT2D eigenvalue weighted by Crippen LogP contribution is -2.38. The number of aryl methyl sites for hydroxylation is 1. The molecular weight excluding hydrogens is 288 g/mol. The van der Waals surface area contributed by atoms with Crippen LogP contribution in [-0.4, -0.2) is 58.2 Å². The summed E-state index contributed by atoms with van der Waals surface area (Å²) in [6.45, 7) is 5.17.